The van der Waals surface area contributed by atoms with E-state index in [1.54, 1.807) is 0 Å². The van der Waals surface area contributed by atoms with E-state index < -0.39 is 0 Å². The van der Waals surface area contributed by atoms with Gasteiger partial charge in [-0.15, -0.1) is 0 Å². The molecule has 0 aromatic carbocycles. The highest BCUT2D eigenvalue weighted by Gasteiger charge is 2.42. The zero-order chi connectivity index (χ0) is 12.0. The molecule has 4 N–H and O–H groups in total. The summed E-state index contributed by atoms with van der Waals surface area (Å²) < 4.78 is 0. The molecule has 1 saturated carbocycles. The van der Waals surface area contributed by atoms with Crippen LogP contribution >= 0.6 is 0 Å². The van der Waals surface area contributed by atoms with Gasteiger partial charge in [0.2, 0.25) is 5.91 Å². The first-order valence-electron chi connectivity index (χ1n) is 6.27. The lowest BCUT2D eigenvalue weighted by Gasteiger charge is -2.39. The SMILES string of the molecule is CCC(CCO)CNC(=O)C1(CN)CCC1. The number of nitrogens with one attached hydrogen (secondary N) is 1. The molecule has 0 saturated heterocycles. The smallest absolute Gasteiger partial charge is 0.227 e. The van der Waals surface area contributed by atoms with E-state index in [1.165, 1.54) is 0 Å². The van der Waals surface area contributed by atoms with Crippen molar-refractivity contribution in [2.75, 3.05) is 19.7 Å². The number of carbonyl (C=O) groups excluding carboxylic acids is 1. The molecule has 16 heavy (non-hydrogen) atoms. The molecule has 0 bridgehead atoms. The molecule has 4 nitrogen and oxygen atoms in total. The fourth-order valence-electron chi connectivity index (χ4n) is 2.19. The molecule has 0 spiro atoms. The molecule has 1 unspecified atom stereocenters. The lowest BCUT2D eigenvalue weighted by Crippen LogP contribution is -2.51. The lowest BCUT2D eigenvalue weighted by atomic mass is 9.68. The third-order valence-electron chi connectivity index (χ3n) is 3.85. The summed E-state index contributed by atoms with van der Waals surface area (Å²) in [6.07, 6.45) is 4.69. The van der Waals surface area contributed by atoms with Gasteiger partial charge in [-0.3, -0.25) is 4.79 Å². The molecule has 1 aliphatic rings. The second-order valence-corrected chi connectivity index (χ2v) is 4.83. The number of aliphatic hydroxyl groups excluding tert-OH is 1. The van der Waals surface area contributed by atoms with E-state index in [1.807, 2.05) is 0 Å². The van der Waals surface area contributed by atoms with Crippen LogP contribution in [0.1, 0.15) is 39.0 Å². The molecule has 94 valence electrons. The Balaban J connectivity index is 2.33. The van der Waals surface area contributed by atoms with Crippen LogP contribution in [0.5, 0.6) is 0 Å². The molecule has 1 fully saturated rings. The minimum atomic E-state index is -0.280. The third kappa shape index (κ3) is 2.95. The Morgan fingerprint density at radius 1 is 1.56 bits per heavy atom. The molecular weight excluding hydrogens is 204 g/mol. The van der Waals surface area contributed by atoms with Crippen molar-refractivity contribution in [3.63, 3.8) is 0 Å². The van der Waals surface area contributed by atoms with Crippen molar-refractivity contribution in [3.8, 4) is 0 Å². The quantitative estimate of drug-likeness (QED) is 0.598. The minimum absolute atomic E-state index is 0.109. The highest BCUT2D eigenvalue weighted by Crippen LogP contribution is 2.39. The Morgan fingerprint density at radius 3 is 2.62 bits per heavy atom. The average Bonchev–Trinajstić information content (AvgIpc) is 2.23. The molecule has 1 rings (SSSR count). The van der Waals surface area contributed by atoms with E-state index in [2.05, 4.69) is 12.2 Å². The van der Waals surface area contributed by atoms with Crippen molar-refractivity contribution in [1.29, 1.82) is 0 Å². The lowest BCUT2D eigenvalue weighted by molar-refractivity contribution is -0.135. The van der Waals surface area contributed by atoms with Gasteiger partial charge in [-0.25, -0.2) is 0 Å². The second-order valence-electron chi connectivity index (χ2n) is 4.83. The van der Waals surface area contributed by atoms with Crippen molar-refractivity contribution in [1.82, 2.24) is 5.32 Å². The molecule has 1 aliphatic carbocycles. The number of hydrogen-bond acceptors (Lipinski definition) is 3. The minimum Gasteiger partial charge on any atom is -0.396 e. The van der Waals surface area contributed by atoms with Crippen LogP contribution in [0.15, 0.2) is 0 Å². The third-order valence-corrected chi connectivity index (χ3v) is 3.85. The van der Waals surface area contributed by atoms with Crippen LogP contribution in [-0.2, 0) is 4.79 Å². The van der Waals surface area contributed by atoms with Crippen LogP contribution in [0.2, 0.25) is 0 Å². The van der Waals surface area contributed by atoms with E-state index in [4.69, 9.17) is 10.8 Å². The summed E-state index contributed by atoms with van der Waals surface area (Å²) in [6.45, 7) is 3.39. The van der Waals surface area contributed by atoms with Gasteiger partial charge in [-0.2, -0.15) is 0 Å². The molecule has 0 aromatic heterocycles. The van der Waals surface area contributed by atoms with Gasteiger partial charge < -0.3 is 16.2 Å². The van der Waals surface area contributed by atoms with Crippen LogP contribution in [0.4, 0.5) is 0 Å². The van der Waals surface area contributed by atoms with Crippen LogP contribution in [0, 0.1) is 11.3 Å². The van der Waals surface area contributed by atoms with Crippen molar-refractivity contribution >= 4 is 5.91 Å². The second kappa shape index (κ2) is 6.21. The van der Waals surface area contributed by atoms with Crippen LogP contribution in [-0.4, -0.2) is 30.7 Å². The van der Waals surface area contributed by atoms with Gasteiger partial charge in [-0.05, 0) is 25.2 Å². The normalized spacial score (nSPS) is 19.9. The molecule has 1 atom stereocenters. The summed E-state index contributed by atoms with van der Waals surface area (Å²) in [5.74, 6) is 0.487. The van der Waals surface area contributed by atoms with Crippen molar-refractivity contribution in [2.24, 2.45) is 17.1 Å². The van der Waals surface area contributed by atoms with Crippen LogP contribution in [0.3, 0.4) is 0 Å². The van der Waals surface area contributed by atoms with Gasteiger partial charge in [0, 0.05) is 19.7 Å². The molecule has 0 radical (unpaired) electrons. The highest BCUT2D eigenvalue weighted by atomic mass is 16.3. The largest absolute Gasteiger partial charge is 0.396 e. The number of aliphatic hydroxyl groups is 1. The Hall–Kier alpha value is -0.610. The maximum absolute atomic E-state index is 11.9. The van der Waals surface area contributed by atoms with Gasteiger partial charge in [0.15, 0.2) is 0 Å². The summed E-state index contributed by atoms with van der Waals surface area (Å²) in [6, 6.07) is 0. The molecular formula is C12H24N2O2. The Bertz CT molecular complexity index is 222. The molecule has 0 aromatic rings. The standard InChI is InChI=1S/C12H24N2O2/c1-2-10(4-7-15)8-14-11(16)12(9-13)5-3-6-12/h10,15H,2-9,13H2,1H3,(H,14,16). The fourth-order valence-corrected chi connectivity index (χ4v) is 2.19. The Kier molecular flexibility index (Phi) is 5.22. The fraction of sp³-hybridized carbons (Fsp3) is 0.917. The van der Waals surface area contributed by atoms with E-state index >= 15 is 0 Å². The van der Waals surface area contributed by atoms with Crippen LogP contribution < -0.4 is 11.1 Å². The maximum atomic E-state index is 11.9. The number of carbonyl (C=O) groups is 1. The number of hydrogen-bond donors (Lipinski definition) is 3. The zero-order valence-electron chi connectivity index (χ0n) is 10.2. The monoisotopic (exact) mass is 228 g/mol. The van der Waals surface area contributed by atoms with Gasteiger partial charge in [-0.1, -0.05) is 19.8 Å². The van der Waals surface area contributed by atoms with Crippen molar-refractivity contribution in [3.05, 3.63) is 0 Å². The van der Waals surface area contributed by atoms with Gasteiger partial charge in [0.05, 0.1) is 5.41 Å². The molecule has 0 aliphatic heterocycles. The summed E-state index contributed by atoms with van der Waals surface area (Å²) in [5.41, 5.74) is 5.39. The number of rotatable bonds is 7. The molecule has 4 heteroatoms. The van der Waals surface area contributed by atoms with E-state index in [0.29, 0.717) is 19.0 Å². The predicted molar refractivity (Wildman–Crippen MR) is 63.8 cm³/mol. The number of nitrogens with two attached hydrogens (primary N) is 1. The van der Waals surface area contributed by atoms with Crippen LogP contribution in [0.25, 0.3) is 0 Å². The first kappa shape index (κ1) is 13.5. The van der Waals surface area contributed by atoms with Crippen molar-refractivity contribution in [2.45, 2.75) is 39.0 Å². The summed E-state index contributed by atoms with van der Waals surface area (Å²) in [7, 11) is 0. The van der Waals surface area contributed by atoms with Gasteiger partial charge in [0.1, 0.15) is 0 Å². The topological polar surface area (TPSA) is 75.3 Å². The van der Waals surface area contributed by atoms with Gasteiger partial charge in [0.25, 0.3) is 0 Å². The predicted octanol–water partition coefficient (Wildman–Crippen LogP) is 0.640. The first-order valence-corrected chi connectivity index (χ1v) is 6.27. The molecule has 1 amide bonds. The van der Waals surface area contributed by atoms with E-state index in [9.17, 15) is 4.79 Å². The Morgan fingerprint density at radius 2 is 2.25 bits per heavy atom. The summed E-state index contributed by atoms with van der Waals surface area (Å²) >= 11 is 0. The average molecular weight is 228 g/mol. The Labute approximate surface area is 97.6 Å². The van der Waals surface area contributed by atoms with E-state index in [0.717, 1.165) is 32.1 Å². The zero-order valence-corrected chi connectivity index (χ0v) is 10.2. The highest BCUT2D eigenvalue weighted by molar-refractivity contribution is 5.83. The maximum Gasteiger partial charge on any atom is 0.227 e. The first-order chi connectivity index (χ1) is 7.68. The number of amides is 1. The summed E-state index contributed by atoms with van der Waals surface area (Å²) in [4.78, 5) is 11.9. The van der Waals surface area contributed by atoms with Gasteiger partial charge >= 0.3 is 0 Å². The van der Waals surface area contributed by atoms with Crippen molar-refractivity contribution < 1.29 is 9.90 Å². The summed E-state index contributed by atoms with van der Waals surface area (Å²) in [5, 5.41) is 11.8. The van der Waals surface area contributed by atoms with E-state index in [-0.39, 0.29) is 17.9 Å². The molecule has 0 heterocycles.